The first kappa shape index (κ1) is 21.0. The van der Waals surface area contributed by atoms with Gasteiger partial charge in [0.05, 0.1) is 26.9 Å². The SMILES string of the molecule is CN=C(NCC1CN2CCCC2CO1)Nc1ccc(OC)c(OC)c1.I. The Morgan fingerprint density at radius 2 is 2.12 bits per heavy atom. The summed E-state index contributed by atoms with van der Waals surface area (Å²) in [6.45, 7) is 3.76. The van der Waals surface area contributed by atoms with Gasteiger partial charge in [-0.1, -0.05) is 0 Å². The number of morpholine rings is 1. The molecule has 2 atom stereocenters. The monoisotopic (exact) mass is 476 g/mol. The molecule has 8 heteroatoms. The second-order valence-electron chi connectivity index (χ2n) is 6.39. The molecule has 2 fully saturated rings. The Bertz CT molecular complexity index is 614. The molecule has 7 nitrogen and oxygen atoms in total. The molecule has 0 aromatic heterocycles. The molecule has 0 aliphatic carbocycles. The Labute approximate surface area is 172 Å². The Morgan fingerprint density at radius 1 is 1.31 bits per heavy atom. The van der Waals surface area contributed by atoms with Crippen LogP contribution in [0.2, 0.25) is 0 Å². The molecule has 2 N–H and O–H groups in total. The third-order valence-corrected chi connectivity index (χ3v) is 4.83. The minimum absolute atomic E-state index is 0. The van der Waals surface area contributed by atoms with Crippen LogP contribution in [0, 0.1) is 0 Å². The highest BCUT2D eigenvalue weighted by Crippen LogP contribution is 2.29. The maximum atomic E-state index is 5.98. The standard InChI is InChI=1S/C18H28N4O3.HI/c1-19-18(21-13-6-7-16(23-2)17(9-13)24-3)20-10-15-11-22-8-4-5-14(22)12-25-15;/h6-7,9,14-15H,4-5,8,10-12H2,1-3H3,(H2,19,20,21);1H. The molecule has 0 saturated carbocycles. The zero-order valence-electron chi connectivity index (χ0n) is 15.7. The minimum atomic E-state index is 0. The lowest BCUT2D eigenvalue weighted by molar-refractivity contribution is -0.0452. The Balaban J connectivity index is 0.00000243. The van der Waals surface area contributed by atoms with Crippen LogP contribution < -0.4 is 20.1 Å². The largest absolute Gasteiger partial charge is 0.493 e. The predicted octanol–water partition coefficient (Wildman–Crippen LogP) is 2.17. The van der Waals surface area contributed by atoms with Crippen LogP contribution >= 0.6 is 24.0 Å². The van der Waals surface area contributed by atoms with E-state index in [1.165, 1.54) is 19.4 Å². The summed E-state index contributed by atoms with van der Waals surface area (Å²) in [6.07, 6.45) is 2.75. The highest BCUT2D eigenvalue weighted by molar-refractivity contribution is 14.0. The van der Waals surface area contributed by atoms with Crippen molar-refractivity contribution in [2.75, 3.05) is 52.8 Å². The average molecular weight is 476 g/mol. The van der Waals surface area contributed by atoms with Crippen molar-refractivity contribution in [1.82, 2.24) is 10.2 Å². The zero-order valence-corrected chi connectivity index (χ0v) is 18.0. The molecule has 0 amide bonds. The molecule has 1 aromatic carbocycles. The van der Waals surface area contributed by atoms with E-state index >= 15 is 0 Å². The number of fused-ring (bicyclic) bond motifs is 1. The maximum absolute atomic E-state index is 5.98. The molecule has 2 aliphatic rings. The first-order valence-electron chi connectivity index (χ1n) is 8.79. The van der Waals surface area contributed by atoms with E-state index in [0.29, 0.717) is 23.5 Å². The van der Waals surface area contributed by atoms with E-state index in [0.717, 1.165) is 25.4 Å². The van der Waals surface area contributed by atoms with Crippen LogP contribution in [-0.4, -0.2) is 70.5 Å². The highest BCUT2D eigenvalue weighted by Gasteiger charge is 2.32. The van der Waals surface area contributed by atoms with Gasteiger partial charge in [-0.3, -0.25) is 9.89 Å². The molecule has 26 heavy (non-hydrogen) atoms. The van der Waals surface area contributed by atoms with Crippen molar-refractivity contribution >= 4 is 35.6 Å². The molecule has 2 unspecified atom stereocenters. The number of nitrogens with zero attached hydrogens (tertiary/aromatic N) is 2. The number of hydrogen-bond donors (Lipinski definition) is 2. The van der Waals surface area contributed by atoms with Gasteiger partial charge < -0.3 is 24.8 Å². The summed E-state index contributed by atoms with van der Waals surface area (Å²) in [4.78, 5) is 6.83. The lowest BCUT2D eigenvalue weighted by Gasteiger charge is -2.35. The normalized spacial score (nSPS) is 23.0. The number of benzene rings is 1. The van der Waals surface area contributed by atoms with Gasteiger partial charge in [0.25, 0.3) is 0 Å². The fourth-order valence-corrected chi connectivity index (χ4v) is 3.45. The number of guanidine groups is 1. The molecule has 0 spiro atoms. The van der Waals surface area contributed by atoms with E-state index in [1.807, 2.05) is 18.2 Å². The van der Waals surface area contributed by atoms with Crippen LogP contribution in [0.25, 0.3) is 0 Å². The average Bonchev–Trinajstić information content (AvgIpc) is 3.12. The van der Waals surface area contributed by atoms with Crippen molar-refractivity contribution in [3.8, 4) is 11.5 Å². The molecular weight excluding hydrogens is 447 g/mol. The smallest absolute Gasteiger partial charge is 0.195 e. The minimum Gasteiger partial charge on any atom is -0.493 e. The van der Waals surface area contributed by atoms with E-state index in [2.05, 4.69) is 20.5 Å². The van der Waals surface area contributed by atoms with Crippen LogP contribution in [0.3, 0.4) is 0 Å². The first-order chi connectivity index (χ1) is 12.2. The number of nitrogens with one attached hydrogen (secondary N) is 2. The van der Waals surface area contributed by atoms with Gasteiger partial charge in [0.15, 0.2) is 17.5 Å². The van der Waals surface area contributed by atoms with Gasteiger partial charge in [-0.15, -0.1) is 24.0 Å². The molecule has 146 valence electrons. The molecule has 3 rings (SSSR count). The second kappa shape index (κ2) is 10.2. The van der Waals surface area contributed by atoms with Gasteiger partial charge in [0.2, 0.25) is 0 Å². The van der Waals surface area contributed by atoms with Gasteiger partial charge >= 0.3 is 0 Å². The van der Waals surface area contributed by atoms with Crippen LogP contribution in [0.4, 0.5) is 5.69 Å². The molecule has 2 saturated heterocycles. The topological polar surface area (TPSA) is 67.4 Å². The van der Waals surface area contributed by atoms with Gasteiger partial charge in [0, 0.05) is 37.9 Å². The summed E-state index contributed by atoms with van der Waals surface area (Å²) < 4.78 is 16.6. The number of hydrogen-bond acceptors (Lipinski definition) is 5. The fourth-order valence-electron chi connectivity index (χ4n) is 3.45. The summed E-state index contributed by atoms with van der Waals surface area (Å²) in [6, 6.07) is 6.31. The van der Waals surface area contributed by atoms with E-state index in [1.54, 1.807) is 21.3 Å². The van der Waals surface area contributed by atoms with Crippen molar-refractivity contribution in [3.05, 3.63) is 18.2 Å². The molecule has 0 bridgehead atoms. The lowest BCUT2D eigenvalue weighted by atomic mass is 10.2. The van der Waals surface area contributed by atoms with E-state index in [4.69, 9.17) is 14.2 Å². The Kier molecular flexibility index (Phi) is 8.23. The van der Waals surface area contributed by atoms with E-state index in [-0.39, 0.29) is 30.1 Å². The van der Waals surface area contributed by atoms with Crippen LogP contribution in [0.15, 0.2) is 23.2 Å². The Morgan fingerprint density at radius 3 is 2.85 bits per heavy atom. The molecule has 2 aliphatic heterocycles. The van der Waals surface area contributed by atoms with Gasteiger partial charge in [0.1, 0.15) is 0 Å². The van der Waals surface area contributed by atoms with Crippen LogP contribution in [0.5, 0.6) is 11.5 Å². The predicted molar refractivity (Wildman–Crippen MR) is 114 cm³/mol. The molecule has 1 aromatic rings. The first-order valence-corrected chi connectivity index (χ1v) is 8.79. The van der Waals surface area contributed by atoms with Crippen molar-refractivity contribution in [1.29, 1.82) is 0 Å². The van der Waals surface area contributed by atoms with Crippen molar-refractivity contribution in [2.24, 2.45) is 4.99 Å². The van der Waals surface area contributed by atoms with Crippen molar-refractivity contribution in [3.63, 3.8) is 0 Å². The summed E-state index contributed by atoms with van der Waals surface area (Å²) >= 11 is 0. The van der Waals surface area contributed by atoms with E-state index in [9.17, 15) is 0 Å². The van der Waals surface area contributed by atoms with Crippen molar-refractivity contribution < 1.29 is 14.2 Å². The maximum Gasteiger partial charge on any atom is 0.195 e. The third-order valence-electron chi connectivity index (χ3n) is 4.83. The number of halogens is 1. The fraction of sp³-hybridized carbons (Fsp3) is 0.611. The number of methoxy groups -OCH3 is 2. The quantitative estimate of drug-likeness (QED) is 0.386. The number of ether oxygens (including phenoxy) is 3. The lowest BCUT2D eigenvalue weighted by Crippen LogP contribution is -2.50. The van der Waals surface area contributed by atoms with Gasteiger partial charge in [-0.25, -0.2) is 0 Å². The second-order valence-corrected chi connectivity index (χ2v) is 6.39. The summed E-state index contributed by atoms with van der Waals surface area (Å²) in [7, 11) is 5.01. The summed E-state index contributed by atoms with van der Waals surface area (Å²) in [5.74, 6) is 2.09. The number of anilines is 1. The zero-order chi connectivity index (χ0) is 17.6. The molecule has 0 radical (unpaired) electrons. The van der Waals surface area contributed by atoms with Crippen molar-refractivity contribution in [2.45, 2.75) is 25.0 Å². The van der Waals surface area contributed by atoms with Gasteiger partial charge in [-0.2, -0.15) is 0 Å². The Hall–Kier alpha value is -1.26. The third kappa shape index (κ3) is 5.14. The van der Waals surface area contributed by atoms with Crippen LogP contribution in [0.1, 0.15) is 12.8 Å². The van der Waals surface area contributed by atoms with Gasteiger partial charge in [-0.05, 0) is 31.5 Å². The number of aliphatic imine (C=N–C) groups is 1. The highest BCUT2D eigenvalue weighted by atomic mass is 127. The molecule has 2 heterocycles. The molecular formula is C18H29IN4O3. The van der Waals surface area contributed by atoms with Crippen LogP contribution in [-0.2, 0) is 4.74 Å². The summed E-state index contributed by atoms with van der Waals surface area (Å²) in [5, 5.41) is 6.62. The summed E-state index contributed by atoms with van der Waals surface area (Å²) in [5.41, 5.74) is 0.884. The number of rotatable bonds is 5. The van der Waals surface area contributed by atoms with E-state index < -0.39 is 0 Å².